The van der Waals surface area contributed by atoms with Crippen molar-refractivity contribution in [2.24, 2.45) is 0 Å². The lowest BCUT2D eigenvalue weighted by atomic mass is 9.92. The first-order valence-corrected chi connectivity index (χ1v) is 6.51. The van der Waals surface area contributed by atoms with Crippen molar-refractivity contribution >= 4 is 11.7 Å². The third-order valence-corrected chi connectivity index (χ3v) is 3.34. The number of benzene rings is 1. The summed E-state index contributed by atoms with van der Waals surface area (Å²) in [7, 11) is 2.98. The van der Waals surface area contributed by atoms with Crippen LogP contribution in [0.1, 0.15) is 12.5 Å². The van der Waals surface area contributed by atoms with Crippen LogP contribution in [0, 0.1) is 0 Å². The Bertz CT molecular complexity index is 599. The second-order valence-electron chi connectivity index (χ2n) is 4.71. The summed E-state index contributed by atoms with van der Waals surface area (Å²) >= 11 is 0. The fraction of sp³-hybridized carbons (Fsp3) is 0.250. The summed E-state index contributed by atoms with van der Waals surface area (Å²) in [5.74, 6) is 0.383. The Balaban J connectivity index is 2.34. The first kappa shape index (κ1) is 14.8. The van der Waals surface area contributed by atoms with Crippen molar-refractivity contribution in [3.05, 3.63) is 54.4 Å². The molecular weight excluding hydrogens is 268 g/mol. The van der Waals surface area contributed by atoms with Gasteiger partial charge >= 0.3 is 5.97 Å². The SMILES string of the molecule is COC(=O)C(C)(Nc1ccc(OC)cc1)c1ccncc1. The zero-order valence-corrected chi connectivity index (χ0v) is 12.3. The Morgan fingerprint density at radius 1 is 1.10 bits per heavy atom. The number of rotatable bonds is 5. The van der Waals surface area contributed by atoms with E-state index in [1.165, 1.54) is 7.11 Å². The largest absolute Gasteiger partial charge is 0.497 e. The number of carbonyl (C=O) groups excluding carboxylic acids is 1. The molecule has 1 heterocycles. The summed E-state index contributed by atoms with van der Waals surface area (Å²) in [4.78, 5) is 16.2. The van der Waals surface area contributed by atoms with E-state index in [1.807, 2.05) is 24.3 Å². The predicted octanol–water partition coefficient (Wildman–Crippen LogP) is 2.59. The summed E-state index contributed by atoms with van der Waals surface area (Å²) in [5, 5.41) is 3.22. The number of aromatic nitrogens is 1. The lowest BCUT2D eigenvalue weighted by Crippen LogP contribution is -2.41. The van der Waals surface area contributed by atoms with E-state index in [1.54, 1.807) is 38.6 Å². The van der Waals surface area contributed by atoms with Crippen molar-refractivity contribution in [1.82, 2.24) is 4.98 Å². The average Bonchev–Trinajstić information content (AvgIpc) is 2.55. The second kappa shape index (κ2) is 6.26. The first-order chi connectivity index (χ1) is 10.1. The van der Waals surface area contributed by atoms with E-state index < -0.39 is 5.54 Å². The topological polar surface area (TPSA) is 60.5 Å². The van der Waals surface area contributed by atoms with Gasteiger partial charge in [-0.15, -0.1) is 0 Å². The Kier molecular flexibility index (Phi) is 4.42. The minimum absolute atomic E-state index is 0.371. The molecule has 0 fully saturated rings. The minimum Gasteiger partial charge on any atom is -0.497 e. The van der Waals surface area contributed by atoms with Crippen molar-refractivity contribution in [3.63, 3.8) is 0 Å². The van der Waals surface area contributed by atoms with Crippen LogP contribution in [0.4, 0.5) is 5.69 Å². The normalized spacial score (nSPS) is 13.1. The van der Waals surface area contributed by atoms with E-state index in [0.29, 0.717) is 0 Å². The monoisotopic (exact) mass is 286 g/mol. The zero-order valence-electron chi connectivity index (χ0n) is 12.3. The molecular formula is C16H18N2O3. The maximum atomic E-state index is 12.2. The van der Waals surface area contributed by atoms with Crippen molar-refractivity contribution in [3.8, 4) is 5.75 Å². The number of nitrogens with one attached hydrogen (secondary N) is 1. The number of hydrogen-bond acceptors (Lipinski definition) is 5. The van der Waals surface area contributed by atoms with Gasteiger partial charge in [0, 0.05) is 18.1 Å². The smallest absolute Gasteiger partial charge is 0.335 e. The van der Waals surface area contributed by atoms with Gasteiger partial charge in [0.05, 0.1) is 14.2 Å². The lowest BCUT2D eigenvalue weighted by molar-refractivity contribution is -0.145. The zero-order chi connectivity index (χ0) is 15.3. The van der Waals surface area contributed by atoms with Crippen LogP contribution >= 0.6 is 0 Å². The van der Waals surface area contributed by atoms with Gasteiger partial charge < -0.3 is 14.8 Å². The van der Waals surface area contributed by atoms with Crippen LogP contribution in [0.3, 0.4) is 0 Å². The van der Waals surface area contributed by atoms with Crippen LogP contribution in [0.25, 0.3) is 0 Å². The molecule has 0 radical (unpaired) electrons. The standard InChI is InChI=1S/C16H18N2O3/c1-16(15(19)21-3,12-8-10-17-11-9-12)18-13-4-6-14(20-2)7-5-13/h4-11,18H,1-3H3. The van der Waals surface area contributed by atoms with Gasteiger partial charge in [-0.2, -0.15) is 0 Å². The summed E-state index contributed by atoms with van der Waals surface area (Å²) in [6.45, 7) is 1.78. The number of anilines is 1. The first-order valence-electron chi connectivity index (χ1n) is 6.51. The molecule has 0 bridgehead atoms. The van der Waals surface area contributed by atoms with Crippen LogP contribution in [0.5, 0.6) is 5.75 Å². The quantitative estimate of drug-likeness (QED) is 0.856. The van der Waals surface area contributed by atoms with Crippen molar-refractivity contribution in [2.75, 3.05) is 19.5 Å². The molecule has 0 amide bonds. The van der Waals surface area contributed by atoms with E-state index in [4.69, 9.17) is 9.47 Å². The summed E-state index contributed by atoms with van der Waals surface area (Å²) in [5.41, 5.74) is 0.576. The summed E-state index contributed by atoms with van der Waals surface area (Å²) < 4.78 is 10.1. The van der Waals surface area contributed by atoms with Crippen molar-refractivity contribution in [2.45, 2.75) is 12.5 Å². The molecule has 1 unspecified atom stereocenters. The second-order valence-corrected chi connectivity index (χ2v) is 4.71. The minimum atomic E-state index is -0.994. The van der Waals surface area contributed by atoms with Gasteiger partial charge in [0.1, 0.15) is 5.75 Å². The van der Waals surface area contributed by atoms with E-state index in [9.17, 15) is 4.79 Å². The Hall–Kier alpha value is -2.56. The third kappa shape index (κ3) is 3.13. The van der Waals surface area contributed by atoms with Crippen LogP contribution < -0.4 is 10.1 Å². The number of hydrogen-bond donors (Lipinski definition) is 1. The van der Waals surface area contributed by atoms with Crippen LogP contribution in [-0.4, -0.2) is 25.2 Å². The number of carbonyl (C=O) groups is 1. The number of pyridine rings is 1. The highest BCUT2D eigenvalue weighted by molar-refractivity contribution is 5.85. The molecule has 1 N–H and O–H groups in total. The van der Waals surface area contributed by atoms with Crippen molar-refractivity contribution < 1.29 is 14.3 Å². The van der Waals surface area contributed by atoms with Gasteiger partial charge in [0.25, 0.3) is 0 Å². The highest BCUT2D eigenvalue weighted by Gasteiger charge is 2.36. The Morgan fingerprint density at radius 3 is 2.24 bits per heavy atom. The van der Waals surface area contributed by atoms with Crippen LogP contribution in [0.15, 0.2) is 48.8 Å². The highest BCUT2D eigenvalue weighted by Crippen LogP contribution is 2.28. The van der Waals surface area contributed by atoms with Gasteiger partial charge in [-0.1, -0.05) is 0 Å². The van der Waals surface area contributed by atoms with E-state index >= 15 is 0 Å². The Labute approximate surface area is 123 Å². The third-order valence-electron chi connectivity index (χ3n) is 3.34. The predicted molar refractivity (Wildman–Crippen MR) is 80.2 cm³/mol. The molecule has 21 heavy (non-hydrogen) atoms. The molecule has 110 valence electrons. The molecule has 5 nitrogen and oxygen atoms in total. The lowest BCUT2D eigenvalue weighted by Gasteiger charge is -2.29. The number of ether oxygens (including phenoxy) is 2. The molecule has 0 aliphatic carbocycles. The van der Waals surface area contributed by atoms with Gasteiger partial charge in [-0.25, -0.2) is 4.79 Å². The molecule has 2 aromatic rings. The van der Waals surface area contributed by atoms with Gasteiger partial charge in [-0.05, 0) is 48.9 Å². The molecule has 1 atom stereocenters. The van der Waals surface area contributed by atoms with Crippen molar-refractivity contribution in [1.29, 1.82) is 0 Å². The maximum Gasteiger partial charge on any atom is 0.335 e. The molecule has 2 rings (SSSR count). The van der Waals surface area contributed by atoms with E-state index in [2.05, 4.69) is 10.3 Å². The molecule has 1 aromatic heterocycles. The summed E-state index contributed by atoms with van der Waals surface area (Å²) in [6.07, 6.45) is 3.29. The fourth-order valence-electron chi connectivity index (χ4n) is 2.09. The number of methoxy groups -OCH3 is 2. The van der Waals surface area contributed by atoms with Crippen LogP contribution in [0.2, 0.25) is 0 Å². The molecule has 0 saturated heterocycles. The van der Waals surface area contributed by atoms with Gasteiger partial charge in [0.15, 0.2) is 5.54 Å². The van der Waals surface area contributed by atoms with Gasteiger partial charge in [0.2, 0.25) is 0 Å². The maximum absolute atomic E-state index is 12.2. The molecule has 5 heteroatoms. The Morgan fingerprint density at radius 2 is 1.71 bits per heavy atom. The summed E-state index contributed by atoms with van der Waals surface area (Å²) in [6, 6.07) is 10.9. The van der Waals surface area contributed by atoms with Crippen LogP contribution in [-0.2, 0) is 15.1 Å². The van der Waals surface area contributed by atoms with E-state index in [0.717, 1.165) is 17.0 Å². The molecule has 1 aromatic carbocycles. The number of esters is 1. The fourth-order valence-corrected chi connectivity index (χ4v) is 2.09. The average molecular weight is 286 g/mol. The highest BCUT2D eigenvalue weighted by atomic mass is 16.5. The molecule has 0 saturated carbocycles. The van der Waals surface area contributed by atoms with E-state index in [-0.39, 0.29) is 5.97 Å². The molecule has 0 spiro atoms. The van der Waals surface area contributed by atoms with Gasteiger partial charge in [-0.3, -0.25) is 4.98 Å². The molecule has 0 aliphatic heterocycles. The molecule has 0 aliphatic rings. The number of nitrogens with zero attached hydrogens (tertiary/aromatic N) is 1.